The molecule has 1 aromatic heterocycles. The molecule has 0 aliphatic rings. The molecule has 132 valence electrons. The van der Waals surface area contributed by atoms with Gasteiger partial charge in [-0.05, 0) is 82.7 Å². The van der Waals surface area contributed by atoms with Crippen LogP contribution in [-0.2, 0) is 0 Å². The van der Waals surface area contributed by atoms with E-state index in [0.29, 0.717) is 15.8 Å². The van der Waals surface area contributed by atoms with E-state index in [2.05, 4.69) is 31.9 Å². The molecule has 3 aromatic rings. The molecule has 8 heteroatoms. The fourth-order valence-corrected chi connectivity index (χ4v) is 2.77. The highest BCUT2D eigenvalue weighted by atomic mass is 79.9. The van der Waals surface area contributed by atoms with Crippen LogP contribution in [0.15, 0.2) is 69.8 Å². The lowest BCUT2D eigenvalue weighted by Gasteiger charge is -2.12. The number of amides is 1. The summed E-state index contributed by atoms with van der Waals surface area (Å²) in [5.74, 6) is -0.0502. The van der Waals surface area contributed by atoms with E-state index in [-0.39, 0.29) is 11.7 Å². The molecule has 3 rings (SSSR count). The molecule has 0 saturated carbocycles. The molecule has 0 aliphatic heterocycles. The maximum atomic E-state index is 11.9. The quantitative estimate of drug-likeness (QED) is 0.441. The lowest BCUT2D eigenvalue weighted by Crippen LogP contribution is -2.19. The average molecular weight is 451 g/mol. The van der Waals surface area contributed by atoms with Gasteiger partial charge in [0.2, 0.25) is 0 Å². The van der Waals surface area contributed by atoms with Crippen molar-refractivity contribution in [2.75, 3.05) is 16.0 Å². The summed E-state index contributed by atoms with van der Waals surface area (Å²) in [5.41, 5.74) is 2.20. The number of carbonyl (C=O) groups is 1. The SMILES string of the molecule is O=C(Nc1ccc(NC(=S)Nc2ccc(Br)c(Cl)c2)cc1)c1ccco1. The van der Waals surface area contributed by atoms with Crippen LogP contribution in [0.3, 0.4) is 0 Å². The zero-order valence-corrected chi connectivity index (χ0v) is 16.4. The average Bonchev–Trinajstić information content (AvgIpc) is 3.15. The van der Waals surface area contributed by atoms with Crippen LogP contribution < -0.4 is 16.0 Å². The molecule has 0 unspecified atom stereocenters. The smallest absolute Gasteiger partial charge is 0.291 e. The summed E-state index contributed by atoms with van der Waals surface area (Å²) in [7, 11) is 0. The Labute approximate surface area is 168 Å². The Morgan fingerprint density at radius 1 is 0.962 bits per heavy atom. The van der Waals surface area contributed by atoms with E-state index in [1.807, 2.05) is 12.1 Å². The number of thiocarbonyl (C=S) groups is 1. The summed E-state index contributed by atoms with van der Waals surface area (Å²) < 4.78 is 5.87. The van der Waals surface area contributed by atoms with Crippen LogP contribution in [0.25, 0.3) is 0 Å². The summed E-state index contributed by atoms with van der Waals surface area (Å²) in [6.07, 6.45) is 1.45. The molecular formula is C18H13BrClN3O2S. The number of anilines is 3. The van der Waals surface area contributed by atoms with Crippen molar-refractivity contribution in [3.8, 4) is 0 Å². The Bertz CT molecular complexity index is 930. The number of hydrogen-bond donors (Lipinski definition) is 3. The maximum Gasteiger partial charge on any atom is 0.291 e. The van der Waals surface area contributed by atoms with Crippen LogP contribution >= 0.6 is 39.7 Å². The summed E-state index contributed by atoms with van der Waals surface area (Å²) >= 11 is 14.7. The largest absolute Gasteiger partial charge is 0.459 e. The van der Waals surface area contributed by atoms with Gasteiger partial charge in [-0.25, -0.2) is 0 Å². The fourth-order valence-electron chi connectivity index (χ4n) is 2.10. The number of benzene rings is 2. The van der Waals surface area contributed by atoms with Crippen molar-refractivity contribution in [3.05, 3.63) is 76.1 Å². The molecule has 1 amide bonds. The van der Waals surface area contributed by atoms with Crippen molar-refractivity contribution < 1.29 is 9.21 Å². The fraction of sp³-hybridized carbons (Fsp3) is 0. The van der Waals surface area contributed by atoms with Crippen molar-refractivity contribution in [1.82, 2.24) is 0 Å². The second-order valence-electron chi connectivity index (χ2n) is 5.22. The zero-order chi connectivity index (χ0) is 18.5. The summed E-state index contributed by atoms with van der Waals surface area (Å²) in [6, 6.07) is 15.9. The molecule has 0 aliphatic carbocycles. The number of furan rings is 1. The molecular weight excluding hydrogens is 438 g/mol. The second kappa shape index (κ2) is 8.35. The minimum Gasteiger partial charge on any atom is -0.459 e. The molecule has 0 radical (unpaired) electrons. The Hall–Kier alpha value is -2.35. The second-order valence-corrected chi connectivity index (χ2v) is 6.89. The van der Waals surface area contributed by atoms with E-state index >= 15 is 0 Å². The number of nitrogens with one attached hydrogen (secondary N) is 3. The van der Waals surface area contributed by atoms with Crippen LogP contribution in [0.4, 0.5) is 17.1 Å². The number of halogens is 2. The lowest BCUT2D eigenvalue weighted by atomic mass is 10.2. The normalized spacial score (nSPS) is 10.2. The van der Waals surface area contributed by atoms with Gasteiger partial charge in [-0.15, -0.1) is 0 Å². The van der Waals surface area contributed by atoms with Crippen LogP contribution in [0, 0.1) is 0 Å². The molecule has 3 N–H and O–H groups in total. The molecule has 0 bridgehead atoms. The Balaban J connectivity index is 1.57. The highest BCUT2D eigenvalue weighted by Gasteiger charge is 2.08. The molecule has 2 aromatic carbocycles. The first-order valence-corrected chi connectivity index (χ1v) is 9.07. The minimum absolute atomic E-state index is 0.255. The van der Waals surface area contributed by atoms with Gasteiger partial charge in [0.25, 0.3) is 5.91 Å². The monoisotopic (exact) mass is 449 g/mol. The van der Waals surface area contributed by atoms with Crippen molar-refractivity contribution in [2.45, 2.75) is 0 Å². The van der Waals surface area contributed by atoms with Gasteiger partial charge in [0.15, 0.2) is 10.9 Å². The van der Waals surface area contributed by atoms with Crippen LogP contribution in [-0.4, -0.2) is 11.0 Å². The predicted octanol–water partition coefficient (Wildman–Crippen LogP) is 5.76. The Morgan fingerprint density at radius 2 is 1.58 bits per heavy atom. The van der Waals surface area contributed by atoms with E-state index in [0.717, 1.165) is 15.8 Å². The van der Waals surface area contributed by atoms with Crippen molar-refractivity contribution in [1.29, 1.82) is 0 Å². The summed E-state index contributed by atoms with van der Waals surface area (Å²) in [4.78, 5) is 11.9. The third kappa shape index (κ3) is 4.85. The molecule has 5 nitrogen and oxygen atoms in total. The van der Waals surface area contributed by atoms with Gasteiger partial charge in [-0.2, -0.15) is 0 Å². The van der Waals surface area contributed by atoms with Gasteiger partial charge in [0.05, 0.1) is 11.3 Å². The third-order valence-corrected chi connectivity index (χ3v) is 4.76. The Kier molecular flexibility index (Phi) is 5.92. The van der Waals surface area contributed by atoms with Crippen LogP contribution in [0.5, 0.6) is 0 Å². The lowest BCUT2D eigenvalue weighted by molar-refractivity contribution is 0.0996. The van der Waals surface area contributed by atoms with Gasteiger partial charge < -0.3 is 20.4 Å². The Morgan fingerprint density at radius 3 is 2.19 bits per heavy atom. The van der Waals surface area contributed by atoms with Crippen molar-refractivity contribution >= 4 is 67.8 Å². The summed E-state index contributed by atoms with van der Waals surface area (Å²) in [6.45, 7) is 0. The first kappa shape index (κ1) is 18.4. The van der Waals surface area contributed by atoms with Gasteiger partial charge in [0.1, 0.15) is 0 Å². The number of carbonyl (C=O) groups excluding carboxylic acids is 1. The minimum atomic E-state index is -0.306. The predicted molar refractivity (Wildman–Crippen MR) is 112 cm³/mol. The maximum absolute atomic E-state index is 11.9. The molecule has 0 atom stereocenters. The first-order valence-electron chi connectivity index (χ1n) is 7.49. The molecule has 0 fully saturated rings. The van der Waals surface area contributed by atoms with Gasteiger partial charge in [0, 0.05) is 21.5 Å². The number of rotatable bonds is 4. The van der Waals surface area contributed by atoms with E-state index < -0.39 is 0 Å². The van der Waals surface area contributed by atoms with Gasteiger partial charge >= 0.3 is 0 Å². The zero-order valence-electron chi connectivity index (χ0n) is 13.3. The molecule has 0 saturated heterocycles. The van der Waals surface area contributed by atoms with Crippen LogP contribution in [0.2, 0.25) is 5.02 Å². The standard InChI is InChI=1S/C18H13BrClN3O2S/c19-14-8-7-13(10-15(14)20)23-18(26)22-12-5-3-11(4-6-12)21-17(24)16-2-1-9-25-16/h1-10H,(H,21,24)(H2,22,23,26). The van der Waals surface area contributed by atoms with E-state index in [1.165, 1.54) is 6.26 Å². The van der Waals surface area contributed by atoms with Gasteiger partial charge in [-0.1, -0.05) is 11.6 Å². The van der Waals surface area contributed by atoms with Crippen LogP contribution in [0.1, 0.15) is 10.6 Å². The molecule has 26 heavy (non-hydrogen) atoms. The van der Waals surface area contributed by atoms with E-state index in [4.69, 9.17) is 28.2 Å². The topological polar surface area (TPSA) is 66.3 Å². The van der Waals surface area contributed by atoms with E-state index in [1.54, 1.807) is 42.5 Å². The van der Waals surface area contributed by atoms with Crippen molar-refractivity contribution in [3.63, 3.8) is 0 Å². The van der Waals surface area contributed by atoms with Gasteiger partial charge in [-0.3, -0.25) is 4.79 Å². The summed E-state index contributed by atoms with van der Waals surface area (Å²) in [5, 5.41) is 9.89. The number of hydrogen-bond acceptors (Lipinski definition) is 3. The molecule has 0 spiro atoms. The third-order valence-electron chi connectivity index (χ3n) is 3.32. The van der Waals surface area contributed by atoms with E-state index in [9.17, 15) is 4.79 Å². The molecule has 1 heterocycles. The highest BCUT2D eigenvalue weighted by molar-refractivity contribution is 9.10. The first-order chi connectivity index (χ1) is 12.5. The van der Waals surface area contributed by atoms with Crippen molar-refractivity contribution in [2.24, 2.45) is 0 Å². The highest BCUT2D eigenvalue weighted by Crippen LogP contribution is 2.25.